The van der Waals surface area contributed by atoms with Crippen molar-refractivity contribution in [2.24, 2.45) is 5.92 Å². The van der Waals surface area contributed by atoms with E-state index in [2.05, 4.69) is 18.9 Å². The monoisotopic (exact) mass is 246 g/mol. The molecule has 2 aromatic rings. The average molecular weight is 246 g/mol. The number of nitrogens with one attached hydrogen (secondary N) is 1. The molecule has 0 saturated carbocycles. The molecular formula is C14H18N2O2. The molecule has 0 bridgehead atoms. The van der Waals surface area contributed by atoms with Gasteiger partial charge in [-0.15, -0.1) is 0 Å². The quantitative estimate of drug-likeness (QED) is 0.900. The fraction of sp³-hybridized carbons (Fsp3) is 0.357. The number of aromatic amines is 1. The molecule has 0 unspecified atom stereocenters. The van der Waals surface area contributed by atoms with Gasteiger partial charge in [-0.25, -0.2) is 4.68 Å². The Morgan fingerprint density at radius 1 is 1.28 bits per heavy atom. The highest BCUT2D eigenvalue weighted by Gasteiger charge is 2.06. The predicted octanol–water partition coefficient (Wildman–Crippen LogP) is 2.37. The molecule has 1 aromatic carbocycles. The van der Waals surface area contributed by atoms with Crippen molar-refractivity contribution in [1.29, 1.82) is 0 Å². The van der Waals surface area contributed by atoms with Crippen molar-refractivity contribution in [2.75, 3.05) is 7.11 Å². The van der Waals surface area contributed by atoms with Crippen LogP contribution in [0.25, 0.3) is 5.69 Å². The van der Waals surface area contributed by atoms with Gasteiger partial charge < -0.3 is 4.74 Å². The van der Waals surface area contributed by atoms with E-state index in [0.717, 1.165) is 23.6 Å². The molecule has 18 heavy (non-hydrogen) atoms. The number of rotatable bonds is 4. The molecule has 2 rings (SSSR count). The molecule has 0 fully saturated rings. The molecule has 0 atom stereocenters. The highest BCUT2D eigenvalue weighted by Crippen LogP contribution is 2.13. The lowest BCUT2D eigenvalue weighted by molar-refractivity contribution is 0.414. The minimum absolute atomic E-state index is 0.0317. The molecule has 0 aliphatic carbocycles. The van der Waals surface area contributed by atoms with Crippen molar-refractivity contribution in [3.63, 3.8) is 0 Å². The Labute approximate surface area is 106 Å². The van der Waals surface area contributed by atoms with Crippen LogP contribution >= 0.6 is 0 Å². The largest absolute Gasteiger partial charge is 0.497 e. The zero-order chi connectivity index (χ0) is 13.1. The van der Waals surface area contributed by atoms with Gasteiger partial charge in [0.2, 0.25) is 0 Å². The van der Waals surface area contributed by atoms with E-state index in [4.69, 9.17) is 4.74 Å². The summed E-state index contributed by atoms with van der Waals surface area (Å²) in [6, 6.07) is 9.05. The summed E-state index contributed by atoms with van der Waals surface area (Å²) in [5.74, 6) is 1.30. The summed E-state index contributed by atoms with van der Waals surface area (Å²) < 4.78 is 6.65. The zero-order valence-corrected chi connectivity index (χ0v) is 10.9. The van der Waals surface area contributed by atoms with E-state index < -0.39 is 0 Å². The summed E-state index contributed by atoms with van der Waals surface area (Å²) in [6.45, 7) is 4.26. The summed E-state index contributed by atoms with van der Waals surface area (Å²) in [5, 5.41) is 3.13. The van der Waals surface area contributed by atoms with Crippen LogP contribution < -0.4 is 10.3 Å². The Hall–Kier alpha value is -1.97. The highest BCUT2D eigenvalue weighted by atomic mass is 16.5. The fourth-order valence-corrected chi connectivity index (χ4v) is 1.91. The first kappa shape index (κ1) is 12.5. The first-order valence-electron chi connectivity index (χ1n) is 6.05. The summed E-state index contributed by atoms with van der Waals surface area (Å²) >= 11 is 0. The molecule has 0 aliphatic rings. The van der Waals surface area contributed by atoms with Crippen LogP contribution in [-0.4, -0.2) is 16.9 Å². The topological polar surface area (TPSA) is 47.0 Å². The summed E-state index contributed by atoms with van der Waals surface area (Å²) in [6.07, 6.45) is 0.873. The van der Waals surface area contributed by atoms with E-state index in [1.165, 1.54) is 0 Å². The van der Waals surface area contributed by atoms with E-state index in [1.54, 1.807) is 17.9 Å². The smallest absolute Gasteiger partial charge is 0.271 e. The summed E-state index contributed by atoms with van der Waals surface area (Å²) in [5.41, 5.74) is 1.75. The van der Waals surface area contributed by atoms with Crippen molar-refractivity contribution in [2.45, 2.75) is 20.3 Å². The van der Waals surface area contributed by atoms with Crippen molar-refractivity contribution >= 4 is 0 Å². The molecule has 0 saturated heterocycles. The van der Waals surface area contributed by atoms with Gasteiger partial charge in [0.05, 0.1) is 12.8 Å². The van der Waals surface area contributed by atoms with Crippen LogP contribution in [0.3, 0.4) is 0 Å². The molecule has 0 aliphatic heterocycles. The maximum absolute atomic E-state index is 11.9. The predicted molar refractivity (Wildman–Crippen MR) is 71.5 cm³/mol. The number of nitrogens with zero attached hydrogens (tertiary/aromatic N) is 1. The van der Waals surface area contributed by atoms with Crippen molar-refractivity contribution in [3.05, 3.63) is 46.4 Å². The molecule has 1 heterocycles. The van der Waals surface area contributed by atoms with Crippen LogP contribution in [0.1, 0.15) is 19.5 Å². The molecule has 0 radical (unpaired) electrons. The van der Waals surface area contributed by atoms with Gasteiger partial charge in [0, 0.05) is 11.8 Å². The van der Waals surface area contributed by atoms with Gasteiger partial charge in [-0.3, -0.25) is 9.89 Å². The van der Waals surface area contributed by atoms with Crippen molar-refractivity contribution in [1.82, 2.24) is 9.78 Å². The third-order valence-corrected chi connectivity index (χ3v) is 2.73. The van der Waals surface area contributed by atoms with E-state index in [1.807, 2.05) is 24.3 Å². The first-order chi connectivity index (χ1) is 8.60. The number of hydrogen-bond acceptors (Lipinski definition) is 2. The third kappa shape index (κ3) is 2.64. The van der Waals surface area contributed by atoms with E-state index in [9.17, 15) is 4.79 Å². The Bertz CT molecular complexity index is 564. The van der Waals surface area contributed by atoms with E-state index >= 15 is 0 Å². The number of methoxy groups -OCH3 is 1. The SMILES string of the molecule is COc1ccc(-n2[nH]c(CC(C)C)cc2=O)cc1. The van der Waals surface area contributed by atoms with Crippen molar-refractivity contribution in [3.8, 4) is 11.4 Å². The summed E-state index contributed by atoms with van der Waals surface area (Å²) in [7, 11) is 1.62. The van der Waals surface area contributed by atoms with Gasteiger partial charge in [0.1, 0.15) is 5.75 Å². The summed E-state index contributed by atoms with van der Waals surface area (Å²) in [4.78, 5) is 11.9. The maximum Gasteiger partial charge on any atom is 0.271 e. The molecule has 4 nitrogen and oxygen atoms in total. The lowest BCUT2D eigenvalue weighted by Crippen LogP contribution is -2.13. The lowest BCUT2D eigenvalue weighted by atomic mass is 10.1. The number of aromatic nitrogens is 2. The third-order valence-electron chi connectivity index (χ3n) is 2.73. The number of benzene rings is 1. The highest BCUT2D eigenvalue weighted by molar-refractivity contribution is 5.36. The van der Waals surface area contributed by atoms with Gasteiger partial charge in [-0.05, 0) is 36.6 Å². The first-order valence-corrected chi connectivity index (χ1v) is 6.05. The molecule has 4 heteroatoms. The Balaban J connectivity index is 2.32. The number of H-pyrrole nitrogens is 1. The minimum atomic E-state index is -0.0317. The zero-order valence-electron chi connectivity index (χ0n) is 10.9. The Kier molecular flexibility index (Phi) is 3.55. The van der Waals surface area contributed by atoms with E-state index in [0.29, 0.717) is 5.92 Å². The second-order valence-corrected chi connectivity index (χ2v) is 4.75. The number of ether oxygens (including phenoxy) is 1. The van der Waals surface area contributed by atoms with Gasteiger partial charge >= 0.3 is 0 Å². The van der Waals surface area contributed by atoms with Crippen LogP contribution in [0.5, 0.6) is 5.75 Å². The lowest BCUT2D eigenvalue weighted by Gasteiger charge is -2.05. The Morgan fingerprint density at radius 3 is 2.50 bits per heavy atom. The fourth-order valence-electron chi connectivity index (χ4n) is 1.91. The molecule has 0 amide bonds. The van der Waals surface area contributed by atoms with Crippen LogP contribution in [0.2, 0.25) is 0 Å². The average Bonchev–Trinajstić information content (AvgIpc) is 2.69. The molecule has 96 valence electrons. The van der Waals surface area contributed by atoms with Crippen LogP contribution in [0.4, 0.5) is 0 Å². The van der Waals surface area contributed by atoms with Gasteiger partial charge in [0.15, 0.2) is 0 Å². The Morgan fingerprint density at radius 2 is 1.94 bits per heavy atom. The van der Waals surface area contributed by atoms with Gasteiger partial charge in [-0.2, -0.15) is 0 Å². The molecular weight excluding hydrogens is 228 g/mol. The minimum Gasteiger partial charge on any atom is -0.497 e. The second-order valence-electron chi connectivity index (χ2n) is 4.75. The van der Waals surface area contributed by atoms with Crippen molar-refractivity contribution < 1.29 is 4.74 Å². The van der Waals surface area contributed by atoms with Crippen LogP contribution in [0.15, 0.2) is 35.1 Å². The molecule has 1 N–H and O–H groups in total. The van der Waals surface area contributed by atoms with Crippen LogP contribution in [-0.2, 0) is 6.42 Å². The second kappa shape index (κ2) is 5.12. The molecule has 1 aromatic heterocycles. The molecule has 0 spiro atoms. The van der Waals surface area contributed by atoms with Crippen LogP contribution in [0, 0.1) is 5.92 Å². The van der Waals surface area contributed by atoms with Gasteiger partial charge in [0.25, 0.3) is 5.56 Å². The standard InChI is InChI=1S/C14H18N2O2/c1-10(2)8-11-9-14(17)16(15-11)12-4-6-13(18-3)7-5-12/h4-7,9-10,15H,8H2,1-3H3. The van der Waals surface area contributed by atoms with Gasteiger partial charge in [-0.1, -0.05) is 13.8 Å². The normalized spacial score (nSPS) is 10.9. The maximum atomic E-state index is 11.9. The number of hydrogen-bond donors (Lipinski definition) is 1. The van der Waals surface area contributed by atoms with E-state index in [-0.39, 0.29) is 5.56 Å².